The van der Waals surface area contributed by atoms with Gasteiger partial charge in [0.1, 0.15) is 35.8 Å². The molecule has 4 heterocycles. The number of carbonyl (C=O) groups is 8. The molecule has 1 aromatic heterocycles. The van der Waals surface area contributed by atoms with Gasteiger partial charge in [-0.05, 0) is 105 Å². The van der Waals surface area contributed by atoms with Gasteiger partial charge in [0.25, 0.3) is 0 Å². The minimum atomic E-state index is -1.17. The number of thiazole rings is 1. The van der Waals surface area contributed by atoms with E-state index in [2.05, 4.69) is 31.6 Å². The topological polar surface area (TPSA) is 272 Å². The van der Waals surface area contributed by atoms with Crippen molar-refractivity contribution in [3.05, 3.63) is 106 Å². The van der Waals surface area contributed by atoms with Crippen LogP contribution in [0.25, 0.3) is 10.4 Å². The molecule has 8 amide bonds. The maximum Gasteiger partial charge on any atom is 0.408 e. The van der Waals surface area contributed by atoms with Crippen molar-refractivity contribution in [1.82, 2.24) is 36.5 Å². The molecule has 77 heavy (non-hydrogen) atoms. The number of para-hydroxylation sites is 1. The Kier molecular flexibility index (Phi) is 18.6. The number of anilines is 1. The molecule has 1 saturated heterocycles. The summed E-state index contributed by atoms with van der Waals surface area (Å²) in [5.41, 5.74) is 12.6. The van der Waals surface area contributed by atoms with Crippen LogP contribution in [0.1, 0.15) is 120 Å². The van der Waals surface area contributed by atoms with Gasteiger partial charge in [-0.1, -0.05) is 87.5 Å². The summed E-state index contributed by atoms with van der Waals surface area (Å²) in [5.74, 6) is -3.42. The van der Waals surface area contributed by atoms with E-state index in [1.807, 2.05) is 94.4 Å². The largest absolute Gasteiger partial charge is 0.444 e. The lowest BCUT2D eigenvalue weighted by Gasteiger charge is -2.35. The van der Waals surface area contributed by atoms with E-state index in [0.29, 0.717) is 31.4 Å². The van der Waals surface area contributed by atoms with Crippen LogP contribution in [0.15, 0.2) is 72.2 Å². The molecule has 3 aliphatic rings. The number of ether oxygens (including phenoxy) is 1. The molecule has 412 valence electrons. The van der Waals surface area contributed by atoms with E-state index in [4.69, 9.17) is 10.5 Å². The molecule has 19 nitrogen and oxygen atoms in total. The smallest absolute Gasteiger partial charge is 0.408 e. The zero-order chi connectivity index (χ0) is 55.8. The summed E-state index contributed by atoms with van der Waals surface area (Å²) in [4.78, 5) is 116. The fourth-order valence-electron chi connectivity index (χ4n) is 10.1. The van der Waals surface area contributed by atoms with E-state index >= 15 is 0 Å². The molecule has 0 aliphatic carbocycles. The van der Waals surface area contributed by atoms with E-state index in [0.717, 1.165) is 44.0 Å². The highest BCUT2D eigenvalue weighted by molar-refractivity contribution is 7.13. The number of aliphatic hydroxyl groups excluding tert-OH is 1. The van der Waals surface area contributed by atoms with Crippen LogP contribution in [0.2, 0.25) is 0 Å². The number of nitrogens with zero attached hydrogens (tertiary/aromatic N) is 3. The number of nitrogens with two attached hydrogens (primary N) is 1. The van der Waals surface area contributed by atoms with E-state index in [1.54, 1.807) is 37.6 Å². The van der Waals surface area contributed by atoms with Gasteiger partial charge in [-0.3, -0.25) is 38.5 Å². The Balaban J connectivity index is 0.895. The number of β-amino-alcohol motifs (C(OH)–C–C–N with tert-alkyl or cyclic N) is 1. The van der Waals surface area contributed by atoms with Crippen LogP contribution in [0.5, 0.6) is 0 Å². The van der Waals surface area contributed by atoms with Crippen molar-refractivity contribution >= 4 is 64.5 Å². The number of alkyl carbamates (subject to hydrolysis) is 1. The predicted molar refractivity (Wildman–Crippen MR) is 291 cm³/mol. The Labute approximate surface area is 453 Å². The molecule has 0 spiro atoms. The lowest BCUT2D eigenvalue weighted by atomic mass is 9.85. The molecule has 0 bridgehead atoms. The predicted octanol–water partition coefficient (Wildman–Crippen LogP) is 4.80. The van der Waals surface area contributed by atoms with Crippen molar-refractivity contribution in [1.29, 1.82) is 0 Å². The number of carbonyl (C=O) groups excluding carboxylic acids is 8. The molecular weight excluding hydrogens is 1000 g/mol. The number of likely N-dealkylation sites (tertiary alicyclic amines) is 1. The number of primary amides is 1. The first-order valence-corrected chi connectivity index (χ1v) is 27.3. The second-order valence-corrected chi connectivity index (χ2v) is 23.2. The maximum absolute atomic E-state index is 14.2. The second kappa shape index (κ2) is 24.9. The number of benzene rings is 3. The van der Waals surface area contributed by atoms with Crippen LogP contribution in [-0.4, -0.2) is 111 Å². The maximum atomic E-state index is 14.2. The fraction of sp³-hybridized carbons (Fsp3) is 0.491. The van der Waals surface area contributed by atoms with Gasteiger partial charge >= 0.3 is 6.09 Å². The number of unbranched alkanes of at least 4 members (excludes halogenated alkanes) is 1. The first-order chi connectivity index (χ1) is 36.4. The molecule has 0 unspecified atom stereocenters. The number of amides is 8. The molecular formula is C57H73N9O10S. The van der Waals surface area contributed by atoms with Gasteiger partial charge in [-0.15, -0.1) is 11.3 Å². The standard InChI is InChI=1S/C57H73N9O10S/c1-33-48(77-32-61-33)38-20-18-35(19-21-38)29-60-51(71)43-28-40(67)31-65(43)54(74)49(56(2,3)4)64-46(69)17-9-8-12-34-13-10-14-36(26-34)30-59-50(70)41(24-25-45(58)68)62-52(72)44-27-39-16-11-15-37-22-23-42(53(73)66(44)47(37)39)63-55(75)76-57(5,6)7/h10-11,13-16,18-21,26,32,40-44,49,67H,8-9,12,17,22-25,27-31H2,1-7H3,(H2,58,68)(H,59,70)(H,60,71)(H,62,72)(H,63,75)(H,64,69)/t40-,41+,42+,43+,44+,49-/m1/s1. The first kappa shape index (κ1) is 57.5. The zero-order valence-corrected chi connectivity index (χ0v) is 45.8. The average Bonchev–Trinajstić information content (AvgIpc) is 4.12. The van der Waals surface area contributed by atoms with Crippen molar-refractivity contribution in [3.63, 3.8) is 0 Å². The Hall–Kier alpha value is -7.19. The summed E-state index contributed by atoms with van der Waals surface area (Å²) >= 11 is 1.56. The third kappa shape index (κ3) is 15.1. The molecule has 8 N–H and O–H groups in total. The van der Waals surface area contributed by atoms with Crippen LogP contribution in [-0.2, 0) is 70.7 Å². The van der Waals surface area contributed by atoms with E-state index in [-0.39, 0.29) is 70.0 Å². The Bertz CT molecular complexity index is 2840. The van der Waals surface area contributed by atoms with Gasteiger partial charge in [-0.2, -0.15) is 0 Å². The number of rotatable bonds is 20. The number of aromatic nitrogens is 1. The molecule has 0 saturated carbocycles. The molecule has 6 atom stereocenters. The molecule has 4 aromatic rings. The van der Waals surface area contributed by atoms with Crippen LogP contribution < -0.4 is 37.2 Å². The monoisotopic (exact) mass is 1080 g/mol. The number of aryl methyl sites for hydroxylation is 3. The summed E-state index contributed by atoms with van der Waals surface area (Å²) in [7, 11) is 0. The van der Waals surface area contributed by atoms with E-state index in [9.17, 15) is 43.5 Å². The van der Waals surface area contributed by atoms with Crippen molar-refractivity contribution in [3.8, 4) is 10.4 Å². The van der Waals surface area contributed by atoms with Crippen LogP contribution >= 0.6 is 11.3 Å². The Morgan fingerprint density at radius 1 is 0.844 bits per heavy atom. The fourth-order valence-corrected chi connectivity index (χ4v) is 10.9. The van der Waals surface area contributed by atoms with Crippen LogP contribution in [0.3, 0.4) is 0 Å². The third-order valence-corrected chi connectivity index (χ3v) is 15.0. The number of nitrogens with one attached hydrogen (secondary N) is 5. The van der Waals surface area contributed by atoms with Gasteiger partial charge in [0.05, 0.1) is 27.9 Å². The van der Waals surface area contributed by atoms with Crippen LogP contribution in [0, 0.1) is 12.3 Å². The third-order valence-electron chi connectivity index (χ3n) is 14.0. The molecule has 1 fully saturated rings. The van der Waals surface area contributed by atoms with Crippen LogP contribution in [0.4, 0.5) is 10.5 Å². The minimum absolute atomic E-state index is 0.0320. The highest BCUT2D eigenvalue weighted by Gasteiger charge is 2.46. The number of hydrogen-bond donors (Lipinski definition) is 7. The molecule has 3 aromatic carbocycles. The Morgan fingerprint density at radius 2 is 1.55 bits per heavy atom. The molecule has 20 heteroatoms. The Morgan fingerprint density at radius 3 is 2.23 bits per heavy atom. The zero-order valence-electron chi connectivity index (χ0n) is 45.0. The van der Waals surface area contributed by atoms with Gasteiger partial charge in [-0.25, -0.2) is 9.78 Å². The van der Waals surface area contributed by atoms with Gasteiger partial charge in [0.2, 0.25) is 41.4 Å². The van der Waals surface area contributed by atoms with Crippen molar-refractivity contribution in [2.24, 2.45) is 11.1 Å². The molecule has 7 rings (SSSR count). The van der Waals surface area contributed by atoms with Crippen molar-refractivity contribution in [2.75, 3.05) is 11.4 Å². The lowest BCUT2D eigenvalue weighted by Crippen LogP contribution is -2.57. The van der Waals surface area contributed by atoms with Crippen molar-refractivity contribution < 1.29 is 48.2 Å². The minimum Gasteiger partial charge on any atom is -0.444 e. The molecule has 0 radical (unpaired) electrons. The lowest BCUT2D eigenvalue weighted by molar-refractivity contribution is -0.144. The van der Waals surface area contributed by atoms with Gasteiger partial charge < -0.3 is 47.1 Å². The van der Waals surface area contributed by atoms with Gasteiger partial charge in [0, 0.05) is 45.3 Å². The SMILES string of the molecule is Cc1ncsc1-c1ccc(CNC(=O)[C@@H]2C[C@@H](O)CN2C(=O)[C@@H](NC(=O)CCCCc2cccc(CNC(=O)[C@H](CCC(N)=O)NC(=O)[C@@H]3Cc4cccc5c4N3C(=O)[C@@H](NC(=O)OC(C)(C)C)CC5)c2)C(C)(C)C)cc1. The second-order valence-electron chi connectivity index (χ2n) is 22.3. The summed E-state index contributed by atoms with van der Waals surface area (Å²) in [6.45, 7) is 12.9. The summed E-state index contributed by atoms with van der Waals surface area (Å²) in [6, 6.07) is 16.0. The summed E-state index contributed by atoms with van der Waals surface area (Å²) < 4.78 is 5.43. The van der Waals surface area contributed by atoms with Gasteiger partial charge in [0.15, 0.2) is 0 Å². The van der Waals surface area contributed by atoms with Crippen molar-refractivity contribution in [2.45, 2.75) is 168 Å². The molecule has 3 aliphatic heterocycles. The normalized spacial score (nSPS) is 18.8. The summed E-state index contributed by atoms with van der Waals surface area (Å²) in [5, 5.41) is 24.9. The highest BCUT2D eigenvalue weighted by atomic mass is 32.1. The van der Waals surface area contributed by atoms with E-state index < -0.39 is 83.0 Å². The average molecular weight is 1080 g/mol. The van der Waals surface area contributed by atoms with E-state index in [1.165, 1.54) is 9.80 Å². The first-order valence-electron chi connectivity index (χ1n) is 26.4. The number of aliphatic hydroxyl groups is 1. The highest BCUT2D eigenvalue weighted by Crippen LogP contribution is 2.39. The quantitative estimate of drug-likeness (QED) is 0.0591. The summed E-state index contributed by atoms with van der Waals surface area (Å²) in [6.07, 6.45) is 0.987. The number of hydrogen-bond acceptors (Lipinski definition) is 12.